The zero-order valence-electron chi connectivity index (χ0n) is 11.2. The molecule has 0 unspecified atom stereocenters. The summed E-state index contributed by atoms with van der Waals surface area (Å²) in [5.41, 5.74) is 7.78. The Morgan fingerprint density at radius 1 is 1.45 bits per heavy atom. The highest BCUT2D eigenvalue weighted by atomic mass is 16.5. The quantitative estimate of drug-likeness (QED) is 0.680. The molecule has 7 nitrogen and oxygen atoms in total. The molecule has 0 saturated heterocycles. The van der Waals surface area contributed by atoms with Crippen LogP contribution in [0.1, 0.15) is 23.1 Å². The van der Waals surface area contributed by atoms with Crippen LogP contribution < -0.4 is 16.4 Å². The Hall–Kier alpha value is -2.57. The lowest BCUT2D eigenvalue weighted by atomic mass is 10.1. The molecular weight excluding hydrogens is 258 g/mol. The molecule has 0 aliphatic heterocycles. The fourth-order valence-corrected chi connectivity index (χ4v) is 1.74. The first-order valence-corrected chi connectivity index (χ1v) is 6.37. The monoisotopic (exact) mass is 275 g/mol. The van der Waals surface area contributed by atoms with Gasteiger partial charge in [0.15, 0.2) is 5.82 Å². The number of carbonyl (C=O) groups excluding carboxylic acids is 1. The van der Waals surface area contributed by atoms with Crippen molar-refractivity contribution in [1.82, 2.24) is 15.5 Å². The minimum atomic E-state index is -0.127. The highest BCUT2D eigenvalue weighted by Crippen LogP contribution is 2.19. The summed E-state index contributed by atoms with van der Waals surface area (Å²) < 4.78 is 4.65. The van der Waals surface area contributed by atoms with Gasteiger partial charge in [-0.2, -0.15) is 4.98 Å². The number of aromatic nitrogens is 2. The zero-order chi connectivity index (χ0) is 14.4. The minimum absolute atomic E-state index is 0.127. The van der Waals surface area contributed by atoms with Gasteiger partial charge in [-0.15, -0.1) is 0 Å². The van der Waals surface area contributed by atoms with Crippen molar-refractivity contribution in [1.29, 1.82) is 0 Å². The van der Waals surface area contributed by atoms with E-state index in [1.54, 1.807) is 18.2 Å². The average molecular weight is 275 g/mol. The molecule has 1 aromatic carbocycles. The van der Waals surface area contributed by atoms with E-state index in [9.17, 15) is 4.79 Å². The predicted molar refractivity (Wildman–Crippen MR) is 75.4 cm³/mol. The molecule has 4 N–H and O–H groups in total. The number of carbonyl (C=O) groups is 1. The van der Waals surface area contributed by atoms with Gasteiger partial charge in [-0.05, 0) is 25.1 Å². The Balaban J connectivity index is 1.93. The molecule has 2 rings (SSSR count). The van der Waals surface area contributed by atoms with Crippen molar-refractivity contribution in [2.75, 3.05) is 24.1 Å². The normalized spacial score (nSPS) is 10.2. The van der Waals surface area contributed by atoms with Crippen molar-refractivity contribution in [3.8, 4) is 0 Å². The first kappa shape index (κ1) is 13.9. The number of nitrogens with zero attached hydrogens (tertiary/aromatic N) is 2. The van der Waals surface area contributed by atoms with Crippen molar-refractivity contribution >= 4 is 17.3 Å². The van der Waals surface area contributed by atoms with Crippen LogP contribution >= 0.6 is 0 Å². The smallest absolute Gasteiger partial charge is 0.251 e. The molecular formula is C13H17N5O2. The third-order valence-corrected chi connectivity index (χ3v) is 2.72. The van der Waals surface area contributed by atoms with Gasteiger partial charge < -0.3 is 20.9 Å². The topological polar surface area (TPSA) is 106 Å². The summed E-state index contributed by atoms with van der Waals surface area (Å²) >= 11 is 0. The molecule has 1 aromatic heterocycles. The molecule has 1 amide bonds. The maximum Gasteiger partial charge on any atom is 0.251 e. The SMILES string of the molecule is CCNC(=O)c1ccc(NCCc2ncon2)c(N)c1. The summed E-state index contributed by atoms with van der Waals surface area (Å²) in [6, 6.07) is 5.18. The van der Waals surface area contributed by atoms with Crippen molar-refractivity contribution in [3.63, 3.8) is 0 Å². The lowest BCUT2D eigenvalue weighted by molar-refractivity contribution is 0.0956. The summed E-state index contributed by atoms with van der Waals surface area (Å²) in [7, 11) is 0. The largest absolute Gasteiger partial charge is 0.397 e. The molecule has 7 heteroatoms. The van der Waals surface area contributed by atoms with Crippen molar-refractivity contribution in [3.05, 3.63) is 36.0 Å². The van der Waals surface area contributed by atoms with Gasteiger partial charge in [0.1, 0.15) is 0 Å². The third kappa shape index (κ3) is 3.47. The fourth-order valence-electron chi connectivity index (χ4n) is 1.74. The maximum atomic E-state index is 11.7. The minimum Gasteiger partial charge on any atom is -0.397 e. The van der Waals surface area contributed by atoms with Crippen LogP contribution in [0.3, 0.4) is 0 Å². The first-order valence-electron chi connectivity index (χ1n) is 6.37. The first-order chi connectivity index (χ1) is 9.70. The van der Waals surface area contributed by atoms with E-state index in [1.807, 2.05) is 6.92 Å². The molecule has 0 bridgehead atoms. The molecule has 1 heterocycles. The lowest BCUT2D eigenvalue weighted by Gasteiger charge is -2.10. The number of nitrogens with one attached hydrogen (secondary N) is 2. The van der Waals surface area contributed by atoms with E-state index in [0.29, 0.717) is 36.6 Å². The Morgan fingerprint density at radius 2 is 2.30 bits per heavy atom. The number of nitrogen functional groups attached to an aromatic ring is 1. The molecule has 0 aliphatic carbocycles. The van der Waals surface area contributed by atoms with Crippen LogP contribution in [0.15, 0.2) is 29.1 Å². The number of nitrogens with two attached hydrogens (primary N) is 1. The van der Waals surface area contributed by atoms with Crippen LogP contribution in [-0.4, -0.2) is 29.1 Å². The number of benzene rings is 1. The summed E-state index contributed by atoms with van der Waals surface area (Å²) in [6.07, 6.45) is 1.93. The lowest BCUT2D eigenvalue weighted by Crippen LogP contribution is -2.22. The molecule has 0 fully saturated rings. The Morgan fingerprint density at radius 3 is 2.95 bits per heavy atom. The van der Waals surface area contributed by atoms with E-state index in [0.717, 1.165) is 5.69 Å². The standard InChI is InChI=1S/C13H17N5O2/c1-2-15-13(19)9-3-4-11(10(14)7-9)16-6-5-12-17-8-20-18-12/h3-4,7-8,16H,2,5-6,14H2,1H3,(H,15,19). The van der Waals surface area contributed by atoms with E-state index in [4.69, 9.17) is 5.73 Å². The van der Waals surface area contributed by atoms with Crippen LogP contribution in [0.25, 0.3) is 0 Å². The summed E-state index contributed by atoms with van der Waals surface area (Å²) in [4.78, 5) is 15.6. The van der Waals surface area contributed by atoms with E-state index in [1.165, 1.54) is 6.39 Å². The average Bonchev–Trinajstić information content (AvgIpc) is 2.94. The molecule has 0 spiro atoms. The van der Waals surface area contributed by atoms with Gasteiger partial charge in [-0.1, -0.05) is 5.16 Å². The number of anilines is 2. The van der Waals surface area contributed by atoms with Crippen LogP contribution in [0.5, 0.6) is 0 Å². The number of hydrogen-bond acceptors (Lipinski definition) is 6. The molecule has 0 radical (unpaired) electrons. The van der Waals surface area contributed by atoms with Gasteiger partial charge in [0, 0.05) is 25.1 Å². The highest BCUT2D eigenvalue weighted by molar-refractivity contribution is 5.96. The van der Waals surface area contributed by atoms with E-state index < -0.39 is 0 Å². The molecule has 20 heavy (non-hydrogen) atoms. The number of hydrogen-bond donors (Lipinski definition) is 3. The van der Waals surface area contributed by atoms with Crippen molar-refractivity contribution < 1.29 is 9.32 Å². The summed E-state index contributed by atoms with van der Waals surface area (Å²) in [5.74, 6) is 0.507. The molecule has 2 aromatic rings. The molecule has 0 aliphatic rings. The maximum absolute atomic E-state index is 11.7. The Kier molecular flexibility index (Phi) is 4.54. The van der Waals surface area contributed by atoms with Gasteiger partial charge in [-0.3, -0.25) is 4.79 Å². The third-order valence-electron chi connectivity index (χ3n) is 2.72. The van der Waals surface area contributed by atoms with Crippen LogP contribution in [0.4, 0.5) is 11.4 Å². The van der Waals surface area contributed by atoms with Crippen LogP contribution in [-0.2, 0) is 6.42 Å². The fraction of sp³-hybridized carbons (Fsp3) is 0.308. The second-order valence-electron chi connectivity index (χ2n) is 4.19. The zero-order valence-corrected chi connectivity index (χ0v) is 11.2. The number of amides is 1. The number of rotatable bonds is 6. The van der Waals surface area contributed by atoms with Crippen LogP contribution in [0, 0.1) is 0 Å². The summed E-state index contributed by atoms with van der Waals surface area (Å²) in [6.45, 7) is 3.09. The highest BCUT2D eigenvalue weighted by Gasteiger charge is 2.07. The Bertz CT molecular complexity index is 568. The molecule has 106 valence electrons. The molecule has 0 saturated carbocycles. The van der Waals surface area contributed by atoms with Gasteiger partial charge in [0.25, 0.3) is 5.91 Å². The van der Waals surface area contributed by atoms with Crippen molar-refractivity contribution in [2.24, 2.45) is 0 Å². The van der Waals surface area contributed by atoms with Gasteiger partial charge in [0.2, 0.25) is 6.39 Å². The molecule has 0 atom stereocenters. The van der Waals surface area contributed by atoms with E-state index >= 15 is 0 Å². The van der Waals surface area contributed by atoms with E-state index in [-0.39, 0.29) is 5.91 Å². The van der Waals surface area contributed by atoms with E-state index in [2.05, 4.69) is 25.3 Å². The predicted octanol–water partition coefficient (Wildman–Crippen LogP) is 1.06. The van der Waals surface area contributed by atoms with Crippen LogP contribution in [0.2, 0.25) is 0 Å². The van der Waals surface area contributed by atoms with Gasteiger partial charge in [0.05, 0.1) is 11.4 Å². The second kappa shape index (κ2) is 6.55. The van der Waals surface area contributed by atoms with Gasteiger partial charge >= 0.3 is 0 Å². The second-order valence-corrected chi connectivity index (χ2v) is 4.19. The Labute approximate surface area is 116 Å². The van der Waals surface area contributed by atoms with Crippen molar-refractivity contribution in [2.45, 2.75) is 13.3 Å². The van der Waals surface area contributed by atoms with Gasteiger partial charge in [-0.25, -0.2) is 0 Å². The summed E-state index contributed by atoms with van der Waals surface area (Å²) in [5, 5.41) is 9.62.